The van der Waals surface area contributed by atoms with Crippen molar-refractivity contribution in [3.8, 4) is 0 Å². The molecule has 7 nitrogen and oxygen atoms in total. The highest BCUT2D eigenvalue weighted by molar-refractivity contribution is 7.99. The molecule has 1 N–H and O–H groups in total. The predicted octanol–water partition coefficient (Wildman–Crippen LogP) is 3.86. The number of carbonyl (C=O) groups is 2. The van der Waals surface area contributed by atoms with E-state index >= 15 is 0 Å². The number of esters is 1. The molecule has 2 aromatic rings. The van der Waals surface area contributed by atoms with Gasteiger partial charge in [-0.25, -0.2) is 4.79 Å². The first-order valence-electron chi connectivity index (χ1n) is 9.50. The molecule has 1 fully saturated rings. The van der Waals surface area contributed by atoms with E-state index < -0.39 is 0 Å². The van der Waals surface area contributed by atoms with E-state index in [-0.39, 0.29) is 17.6 Å². The molecular formula is C19H26N4O3S2. The van der Waals surface area contributed by atoms with E-state index in [1.807, 2.05) is 17.0 Å². The zero-order valence-corrected chi connectivity index (χ0v) is 18.3. The van der Waals surface area contributed by atoms with Crippen LogP contribution in [0, 0.1) is 5.92 Å². The average Bonchev–Trinajstić information content (AvgIpc) is 3.30. The maximum Gasteiger partial charge on any atom is 0.341 e. The Morgan fingerprint density at radius 3 is 2.79 bits per heavy atom. The van der Waals surface area contributed by atoms with Gasteiger partial charge in [-0.2, -0.15) is 0 Å². The van der Waals surface area contributed by atoms with Crippen molar-refractivity contribution in [2.75, 3.05) is 17.7 Å². The van der Waals surface area contributed by atoms with Gasteiger partial charge in [-0.15, -0.1) is 21.5 Å². The third-order valence-corrected chi connectivity index (χ3v) is 6.34. The summed E-state index contributed by atoms with van der Waals surface area (Å²) in [7, 11) is 1.93. The second kappa shape index (κ2) is 9.09. The molecule has 0 atom stereocenters. The third kappa shape index (κ3) is 4.94. The zero-order valence-electron chi connectivity index (χ0n) is 16.7. The number of thioether (sulfide) groups is 1. The van der Waals surface area contributed by atoms with Crippen LogP contribution in [-0.2, 0) is 23.0 Å². The molecule has 0 unspecified atom stereocenters. The molecule has 1 amide bonds. The Hall–Kier alpha value is -1.87. The summed E-state index contributed by atoms with van der Waals surface area (Å²) < 4.78 is 7.16. The highest BCUT2D eigenvalue weighted by Gasteiger charge is 2.29. The van der Waals surface area contributed by atoms with Gasteiger partial charge in [0.1, 0.15) is 10.8 Å². The summed E-state index contributed by atoms with van der Waals surface area (Å²) in [6, 6.07) is 0. The number of hydrogen-bond donors (Lipinski definition) is 1. The first-order valence-corrected chi connectivity index (χ1v) is 11.4. The number of carbonyl (C=O) groups excluding carboxylic acids is 2. The highest BCUT2D eigenvalue weighted by Crippen LogP contribution is 2.39. The highest BCUT2D eigenvalue weighted by atomic mass is 32.2. The molecule has 1 saturated carbocycles. The first-order chi connectivity index (χ1) is 13.4. The lowest BCUT2D eigenvalue weighted by Gasteiger charge is -2.09. The van der Waals surface area contributed by atoms with Gasteiger partial charge in [-0.05, 0) is 43.0 Å². The van der Waals surface area contributed by atoms with Crippen LogP contribution < -0.4 is 5.32 Å². The van der Waals surface area contributed by atoms with E-state index in [9.17, 15) is 9.59 Å². The fourth-order valence-corrected chi connectivity index (χ4v) is 4.64. The number of rotatable bonds is 9. The zero-order chi connectivity index (χ0) is 20.3. The van der Waals surface area contributed by atoms with Crippen LogP contribution in [0.15, 0.2) is 10.5 Å². The van der Waals surface area contributed by atoms with Crippen LogP contribution in [0.25, 0.3) is 0 Å². The number of nitrogens with one attached hydrogen (secondary N) is 1. The van der Waals surface area contributed by atoms with Crippen LogP contribution in [0.2, 0.25) is 0 Å². The van der Waals surface area contributed by atoms with Crippen molar-refractivity contribution >= 4 is 40.0 Å². The molecule has 0 bridgehead atoms. The SMILES string of the molecule is CCOC(=O)c1c(CC(C)C)csc1NC(=O)CSc1nnc(C2CC2)n1C. The minimum Gasteiger partial charge on any atom is -0.462 e. The maximum absolute atomic E-state index is 12.5. The van der Waals surface area contributed by atoms with Gasteiger partial charge < -0.3 is 14.6 Å². The summed E-state index contributed by atoms with van der Waals surface area (Å²) in [5, 5.41) is 14.5. The molecule has 0 aliphatic heterocycles. The molecule has 3 rings (SSSR count). The standard InChI is InChI=1S/C19H26N4O3S2/c1-5-26-18(25)15-13(8-11(2)3)9-27-17(15)20-14(24)10-28-19-22-21-16(23(19)4)12-6-7-12/h9,11-12H,5-8,10H2,1-4H3,(H,20,24). The first kappa shape index (κ1) is 20.9. The van der Waals surface area contributed by atoms with E-state index in [0.29, 0.717) is 29.0 Å². The predicted molar refractivity (Wildman–Crippen MR) is 111 cm³/mol. The molecule has 28 heavy (non-hydrogen) atoms. The lowest BCUT2D eigenvalue weighted by Crippen LogP contribution is -2.17. The van der Waals surface area contributed by atoms with Gasteiger partial charge in [0.05, 0.1) is 17.9 Å². The second-order valence-electron chi connectivity index (χ2n) is 7.29. The van der Waals surface area contributed by atoms with Gasteiger partial charge in [-0.1, -0.05) is 25.6 Å². The van der Waals surface area contributed by atoms with Crippen molar-refractivity contribution in [1.82, 2.24) is 14.8 Å². The monoisotopic (exact) mass is 422 g/mol. The fraction of sp³-hybridized carbons (Fsp3) is 0.579. The van der Waals surface area contributed by atoms with E-state index in [1.165, 1.54) is 23.1 Å². The Kier molecular flexibility index (Phi) is 6.77. The molecule has 2 heterocycles. The molecule has 2 aromatic heterocycles. The molecule has 152 valence electrons. The van der Waals surface area contributed by atoms with Crippen molar-refractivity contribution in [3.63, 3.8) is 0 Å². The Morgan fingerprint density at radius 2 is 2.14 bits per heavy atom. The fourth-order valence-electron chi connectivity index (χ4n) is 2.94. The van der Waals surface area contributed by atoms with Gasteiger partial charge in [0, 0.05) is 13.0 Å². The van der Waals surface area contributed by atoms with Gasteiger partial charge in [0.15, 0.2) is 5.16 Å². The summed E-state index contributed by atoms with van der Waals surface area (Å²) in [5.74, 6) is 1.55. The van der Waals surface area contributed by atoms with Crippen LogP contribution in [-0.4, -0.2) is 39.0 Å². The number of ether oxygens (including phenoxy) is 1. The Morgan fingerprint density at radius 1 is 1.39 bits per heavy atom. The van der Waals surface area contributed by atoms with E-state index in [1.54, 1.807) is 6.92 Å². The van der Waals surface area contributed by atoms with Crippen LogP contribution >= 0.6 is 23.1 Å². The van der Waals surface area contributed by atoms with E-state index in [0.717, 1.165) is 35.8 Å². The van der Waals surface area contributed by atoms with Gasteiger partial charge >= 0.3 is 5.97 Å². The summed E-state index contributed by atoms with van der Waals surface area (Å²) in [6.45, 7) is 6.27. The lowest BCUT2D eigenvalue weighted by atomic mass is 10.0. The van der Waals surface area contributed by atoms with E-state index in [4.69, 9.17) is 4.74 Å². The number of hydrogen-bond acceptors (Lipinski definition) is 7. The largest absolute Gasteiger partial charge is 0.462 e. The maximum atomic E-state index is 12.5. The summed E-state index contributed by atoms with van der Waals surface area (Å²) in [5.41, 5.74) is 1.40. The number of amides is 1. The topological polar surface area (TPSA) is 86.1 Å². The number of aromatic nitrogens is 3. The smallest absolute Gasteiger partial charge is 0.341 e. The van der Waals surface area contributed by atoms with Gasteiger partial charge in [0.2, 0.25) is 5.91 Å². The normalized spacial score (nSPS) is 13.8. The average molecular weight is 423 g/mol. The molecule has 1 aliphatic carbocycles. The third-order valence-electron chi connectivity index (χ3n) is 4.37. The van der Waals surface area contributed by atoms with Crippen LogP contribution in [0.4, 0.5) is 5.00 Å². The van der Waals surface area contributed by atoms with Crippen molar-refractivity contribution < 1.29 is 14.3 Å². The Balaban J connectivity index is 1.66. The lowest BCUT2D eigenvalue weighted by molar-refractivity contribution is -0.113. The number of anilines is 1. The molecule has 0 aromatic carbocycles. The molecule has 0 spiro atoms. The van der Waals surface area contributed by atoms with Gasteiger partial charge in [-0.3, -0.25) is 4.79 Å². The Bertz CT molecular complexity index is 855. The van der Waals surface area contributed by atoms with Crippen molar-refractivity contribution in [2.24, 2.45) is 13.0 Å². The molecular weight excluding hydrogens is 396 g/mol. The molecule has 0 saturated heterocycles. The van der Waals surface area contributed by atoms with Crippen molar-refractivity contribution in [2.45, 2.75) is 51.1 Å². The van der Waals surface area contributed by atoms with Gasteiger partial charge in [0.25, 0.3) is 0 Å². The molecule has 1 aliphatic rings. The molecule has 0 radical (unpaired) electrons. The van der Waals surface area contributed by atoms with Crippen molar-refractivity contribution in [3.05, 3.63) is 22.3 Å². The van der Waals surface area contributed by atoms with Crippen LogP contribution in [0.3, 0.4) is 0 Å². The number of nitrogens with zero attached hydrogens (tertiary/aromatic N) is 3. The molecule has 9 heteroatoms. The van der Waals surface area contributed by atoms with Crippen molar-refractivity contribution in [1.29, 1.82) is 0 Å². The Labute approximate surface area is 173 Å². The van der Waals surface area contributed by atoms with Crippen LogP contribution in [0.5, 0.6) is 0 Å². The van der Waals surface area contributed by atoms with E-state index in [2.05, 4.69) is 29.4 Å². The summed E-state index contributed by atoms with van der Waals surface area (Å²) in [4.78, 5) is 24.9. The summed E-state index contributed by atoms with van der Waals surface area (Å²) in [6.07, 6.45) is 3.08. The minimum atomic E-state index is -0.385. The second-order valence-corrected chi connectivity index (χ2v) is 9.12. The minimum absolute atomic E-state index is 0.176. The number of thiophene rings is 1. The quantitative estimate of drug-likeness (QED) is 0.488. The summed E-state index contributed by atoms with van der Waals surface area (Å²) >= 11 is 2.71. The van der Waals surface area contributed by atoms with Crippen LogP contribution in [0.1, 0.15) is 61.3 Å².